The molecule has 1 atom stereocenters. The second-order valence-electron chi connectivity index (χ2n) is 7.11. The van der Waals surface area contributed by atoms with E-state index in [1.165, 1.54) is 6.20 Å². The Morgan fingerprint density at radius 2 is 2.04 bits per heavy atom. The number of halogens is 2. The molecule has 1 aromatic heterocycles. The lowest BCUT2D eigenvalue weighted by Gasteiger charge is -2.30. The Morgan fingerprint density at radius 3 is 2.68 bits per heavy atom. The first kappa shape index (κ1) is 19.8. The van der Waals surface area contributed by atoms with Gasteiger partial charge < -0.3 is 15.5 Å². The molecule has 2 amide bonds. The predicted molar refractivity (Wildman–Crippen MR) is 99.9 cm³/mol. The van der Waals surface area contributed by atoms with E-state index in [0.29, 0.717) is 41.9 Å². The van der Waals surface area contributed by atoms with Gasteiger partial charge in [-0.25, -0.2) is 4.98 Å². The molecule has 0 radical (unpaired) electrons. The average molecular weight is 387 g/mol. The minimum absolute atomic E-state index is 0.0143. The molecule has 0 bridgehead atoms. The molecule has 1 unspecified atom stereocenters. The van der Waals surface area contributed by atoms with Crippen LogP contribution in [0.2, 0.25) is 10.0 Å². The van der Waals surface area contributed by atoms with Crippen molar-refractivity contribution in [3.05, 3.63) is 22.3 Å². The fourth-order valence-electron chi connectivity index (χ4n) is 2.74. The molecule has 1 aliphatic rings. The largest absolute Gasteiger partial charge is 0.367 e. The zero-order valence-electron chi connectivity index (χ0n) is 14.7. The summed E-state index contributed by atoms with van der Waals surface area (Å²) in [5, 5.41) is 6.81. The molecule has 25 heavy (non-hydrogen) atoms. The van der Waals surface area contributed by atoms with Gasteiger partial charge in [-0.3, -0.25) is 9.59 Å². The third-order valence-corrected chi connectivity index (χ3v) is 4.48. The van der Waals surface area contributed by atoms with Gasteiger partial charge in [-0.1, -0.05) is 44.0 Å². The molecule has 0 aromatic carbocycles. The molecule has 0 aliphatic carbocycles. The van der Waals surface area contributed by atoms with Crippen molar-refractivity contribution in [2.24, 2.45) is 5.41 Å². The molecule has 6 nitrogen and oxygen atoms in total. The molecule has 0 spiro atoms. The smallest absolute Gasteiger partial charge is 0.242 e. The summed E-state index contributed by atoms with van der Waals surface area (Å²) in [6.07, 6.45) is 3.05. The van der Waals surface area contributed by atoms with E-state index in [2.05, 4.69) is 15.6 Å². The third-order valence-electron chi connectivity index (χ3n) is 3.98. The van der Waals surface area contributed by atoms with Crippen molar-refractivity contribution in [2.45, 2.75) is 39.7 Å². The van der Waals surface area contributed by atoms with E-state index < -0.39 is 5.41 Å². The van der Waals surface area contributed by atoms with Crippen molar-refractivity contribution in [1.29, 1.82) is 0 Å². The van der Waals surface area contributed by atoms with Crippen LogP contribution in [-0.2, 0) is 9.59 Å². The highest BCUT2D eigenvalue weighted by Crippen LogP contribution is 2.25. The van der Waals surface area contributed by atoms with E-state index >= 15 is 0 Å². The first-order chi connectivity index (χ1) is 11.7. The van der Waals surface area contributed by atoms with E-state index in [0.717, 1.165) is 6.42 Å². The van der Waals surface area contributed by atoms with Crippen molar-refractivity contribution < 1.29 is 9.59 Å². The number of nitrogens with one attached hydrogen (secondary N) is 2. The van der Waals surface area contributed by atoms with E-state index in [-0.39, 0.29) is 17.9 Å². The second kappa shape index (κ2) is 8.23. The maximum absolute atomic E-state index is 12.5. The molecule has 1 aliphatic heterocycles. The number of anilines is 1. The molecule has 8 heteroatoms. The summed E-state index contributed by atoms with van der Waals surface area (Å²) in [5.74, 6) is 0.415. The molecule has 0 saturated carbocycles. The number of carbonyl (C=O) groups is 2. The Bertz CT molecular complexity index is 646. The van der Waals surface area contributed by atoms with Gasteiger partial charge in [0.05, 0.1) is 10.0 Å². The van der Waals surface area contributed by atoms with Gasteiger partial charge in [0.2, 0.25) is 11.8 Å². The van der Waals surface area contributed by atoms with Crippen LogP contribution in [0.4, 0.5) is 5.82 Å². The van der Waals surface area contributed by atoms with Gasteiger partial charge in [-0.05, 0) is 18.9 Å². The number of amides is 2. The number of nitrogens with zero attached hydrogens (tertiary/aromatic N) is 2. The van der Waals surface area contributed by atoms with E-state index in [1.54, 1.807) is 11.0 Å². The standard InChI is InChI=1S/C17H24Cl2N4O2/c1-17(2,3)16(25)23-8-4-5-13(23)15(24)21-7-6-20-14-12(19)9-11(18)10-22-14/h9-10,13H,4-8H2,1-3H3,(H,20,22)(H,21,24). The van der Waals surface area contributed by atoms with E-state index in [1.807, 2.05) is 20.8 Å². The Kier molecular flexibility index (Phi) is 6.52. The molecule has 1 fully saturated rings. The molecular weight excluding hydrogens is 363 g/mol. The Hall–Kier alpha value is -1.53. The molecule has 1 aromatic rings. The Balaban J connectivity index is 1.82. The second-order valence-corrected chi connectivity index (χ2v) is 7.95. The van der Waals surface area contributed by atoms with E-state index in [4.69, 9.17) is 23.2 Å². The van der Waals surface area contributed by atoms with Crippen molar-refractivity contribution in [3.63, 3.8) is 0 Å². The van der Waals surface area contributed by atoms with Crippen molar-refractivity contribution in [3.8, 4) is 0 Å². The lowest BCUT2D eigenvalue weighted by Crippen LogP contribution is -2.49. The number of carbonyl (C=O) groups excluding carboxylic acids is 2. The van der Waals surface area contributed by atoms with Crippen LogP contribution >= 0.6 is 23.2 Å². The number of likely N-dealkylation sites (tertiary alicyclic amines) is 1. The summed E-state index contributed by atoms with van der Waals surface area (Å²) in [5.41, 5.74) is -0.485. The molecule has 2 heterocycles. The van der Waals surface area contributed by atoms with Crippen LogP contribution in [0, 0.1) is 5.41 Å². The number of hydrogen-bond donors (Lipinski definition) is 2. The lowest BCUT2D eigenvalue weighted by atomic mass is 9.94. The molecule has 1 saturated heterocycles. The maximum Gasteiger partial charge on any atom is 0.242 e. The van der Waals surface area contributed by atoms with E-state index in [9.17, 15) is 9.59 Å². The van der Waals surface area contributed by atoms with Crippen LogP contribution in [0.25, 0.3) is 0 Å². The number of hydrogen-bond acceptors (Lipinski definition) is 4. The Morgan fingerprint density at radius 1 is 1.32 bits per heavy atom. The highest BCUT2D eigenvalue weighted by atomic mass is 35.5. The van der Waals surface area contributed by atoms with Gasteiger partial charge in [0.15, 0.2) is 0 Å². The van der Waals surface area contributed by atoms with Crippen molar-refractivity contribution in [2.75, 3.05) is 25.0 Å². The zero-order valence-corrected chi connectivity index (χ0v) is 16.2. The van der Waals surface area contributed by atoms with Gasteiger partial charge in [-0.2, -0.15) is 0 Å². The molecule has 138 valence electrons. The third kappa shape index (κ3) is 5.22. The number of rotatable bonds is 5. The van der Waals surface area contributed by atoms with Crippen molar-refractivity contribution in [1.82, 2.24) is 15.2 Å². The molecular formula is C17H24Cl2N4O2. The van der Waals surface area contributed by atoms with Crippen LogP contribution in [0.5, 0.6) is 0 Å². The summed E-state index contributed by atoms with van der Waals surface area (Å²) < 4.78 is 0. The minimum Gasteiger partial charge on any atom is -0.367 e. The predicted octanol–water partition coefficient (Wildman–Crippen LogP) is 2.95. The summed E-state index contributed by atoms with van der Waals surface area (Å²) in [4.78, 5) is 30.7. The SMILES string of the molecule is CC(C)(C)C(=O)N1CCCC1C(=O)NCCNc1ncc(Cl)cc1Cl. The van der Waals surface area contributed by atoms with Crippen molar-refractivity contribution >= 4 is 40.8 Å². The monoisotopic (exact) mass is 386 g/mol. The van der Waals surface area contributed by atoms with Gasteiger partial charge >= 0.3 is 0 Å². The molecule has 2 rings (SSSR count). The zero-order chi connectivity index (χ0) is 18.6. The summed E-state index contributed by atoms with van der Waals surface area (Å²) in [7, 11) is 0. The van der Waals surface area contributed by atoms with Gasteiger partial charge in [0, 0.05) is 31.2 Å². The van der Waals surface area contributed by atoms with Crippen LogP contribution < -0.4 is 10.6 Å². The summed E-state index contributed by atoms with van der Waals surface area (Å²) >= 11 is 11.8. The number of aromatic nitrogens is 1. The quantitative estimate of drug-likeness (QED) is 0.762. The normalized spacial score (nSPS) is 17.5. The first-order valence-electron chi connectivity index (χ1n) is 8.34. The topological polar surface area (TPSA) is 74.3 Å². The van der Waals surface area contributed by atoms with Crippen LogP contribution in [0.15, 0.2) is 12.3 Å². The first-order valence-corrected chi connectivity index (χ1v) is 9.09. The van der Waals surface area contributed by atoms with Gasteiger partial charge in [-0.15, -0.1) is 0 Å². The fraction of sp³-hybridized carbons (Fsp3) is 0.588. The Labute approximate surface area is 158 Å². The van der Waals surface area contributed by atoms with Crippen LogP contribution in [-0.4, -0.2) is 47.4 Å². The maximum atomic E-state index is 12.5. The summed E-state index contributed by atoms with van der Waals surface area (Å²) in [6.45, 7) is 7.13. The lowest BCUT2D eigenvalue weighted by molar-refractivity contribution is -0.144. The van der Waals surface area contributed by atoms with Crippen LogP contribution in [0.3, 0.4) is 0 Å². The number of pyridine rings is 1. The highest BCUT2D eigenvalue weighted by Gasteiger charge is 2.38. The average Bonchev–Trinajstić information content (AvgIpc) is 3.00. The fourth-order valence-corrected chi connectivity index (χ4v) is 3.19. The van der Waals surface area contributed by atoms with Crippen LogP contribution in [0.1, 0.15) is 33.6 Å². The van der Waals surface area contributed by atoms with Gasteiger partial charge in [0.25, 0.3) is 0 Å². The van der Waals surface area contributed by atoms with Gasteiger partial charge in [0.1, 0.15) is 11.9 Å². The summed E-state index contributed by atoms with van der Waals surface area (Å²) in [6, 6.07) is 1.22. The molecule has 2 N–H and O–H groups in total. The highest BCUT2D eigenvalue weighted by molar-refractivity contribution is 6.35. The minimum atomic E-state index is -0.485.